The molecular formula is C11H22N2O2. The first-order valence-electron chi connectivity index (χ1n) is 5.45. The molecule has 0 unspecified atom stereocenters. The zero-order chi connectivity index (χ0) is 11.7. The molecule has 1 saturated heterocycles. The second-order valence-electron chi connectivity index (χ2n) is 5.58. The van der Waals surface area contributed by atoms with Crippen molar-refractivity contribution in [3.05, 3.63) is 0 Å². The zero-order valence-electron chi connectivity index (χ0n) is 10.3. The topological polar surface area (TPSA) is 50.4 Å². The van der Waals surface area contributed by atoms with Crippen molar-refractivity contribution < 1.29 is 9.53 Å². The Bertz CT molecular complexity index is 247. The van der Waals surface area contributed by atoms with E-state index < -0.39 is 5.60 Å². The lowest BCUT2D eigenvalue weighted by Gasteiger charge is -2.31. The third kappa shape index (κ3) is 3.38. The third-order valence-electron chi connectivity index (χ3n) is 2.82. The summed E-state index contributed by atoms with van der Waals surface area (Å²) in [6, 6.07) is 0. The first-order chi connectivity index (χ1) is 6.73. The molecule has 4 nitrogen and oxygen atoms in total. The number of rotatable bonds is 1. The fraction of sp³-hybridized carbons (Fsp3) is 0.909. The third-order valence-corrected chi connectivity index (χ3v) is 2.82. The number of alkyl carbamates (subject to hydrolysis) is 1. The highest BCUT2D eigenvalue weighted by atomic mass is 16.6. The minimum absolute atomic E-state index is 0.192. The molecule has 0 saturated carbocycles. The van der Waals surface area contributed by atoms with Crippen LogP contribution < -0.4 is 10.6 Å². The van der Waals surface area contributed by atoms with Crippen LogP contribution in [0.3, 0.4) is 0 Å². The summed E-state index contributed by atoms with van der Waals surface area (Å²) in [5, 5.41) is 6.20. The number of nitrogens with one attached hydrogen (secondary N) is 2. The van der Waals surface area contributed by atoms with E-state index in [9.17, 15) is 4.79 Å². The number of amides is 1. The lowest BCUT2D eigenvalue weighted by molar-refractivity contribution is 0.0453. The van der Waals surface area contributed by atoms with Gasteiger partial charge in [0.05, 0.1) is 5.54 Å². The molecule has 1 amide bonds. The summed E-state index contributed by atoms with van der Waals surface area (Å²) in [6.07, 6.45) is -0.333. The highest BCUT2D eigenvalue weighted by molar-refractivity contribution is 5.69. The van der Waals surface area contributed by atoms with Gasteiger partial charge in [0.25, 0.3) is 0 Å². The summed E-state index contributed by atoms with van der Waals surface area (Å²) >= 11 is 0. The average Bonchev–Trinajstić information content (AvgIpc) is 2.27. The fourth-order valence-corrected chi connectivity index (χ4v) is 1.65. The molecule has 0 bridgehead atoms. The Balaban J connectivity index is 2.51. The lowest BCUT2D eigenvalue weighted by Crippen LogP contribution is -2.52. The van der Waals surface area contributed by atoms with E-state index >= 15 is 0 Å². The standard InChI is InChI=1S/C11H22N2O2/c1-8-6-12-7-11(8,5)13-9(14)15-10(2,3)4/h8,12H,6-7H2,1-5H3,(H,13,14)/t8-,11-/m0/s1. The highest BCUT2D eigenvalue weighted by Gasteiger charge is 2.38. The summed E-state index contributed by atoms with van der Waals surface area (Å²) in [5.41, 5.74) is -0.627. The Labute approximate surface area is 91.8 Å². The molecule has 1 aliphatic rings. The van der Waals surface area contributed by atoms with Gasteiger partial charge in [0.1, 0.15) is 5.60 Å². The molecule has 4 heteroatoms. The summed E-state index contributed by atoms with van der Waals surface area (Å²) in [5.74, 6) is 0.421. The molecule has 1 heterocycles. The van der Waals surface area contributed by atoms with Gasteiger partial charge in [-0.1, -0.05) is 6.92 Å². The molecule has 0 radical (unpaired) electrons. The van der Waals surface area contributed by atoms with E-state index in [4.69, 9.17) is 4.74 Å². The van der Waals surface area contributed by atoms with Crippen LogP contribution >= 0.6 is 0 Å². The van der Waals surface area contributed by atoms with E-state index in [-0.39, 0.29) is 11.6 Å². The van der Waals surface area contributed by atoms with E-state index in [2.05, 4.69) is 17.6 Å². The summed E-state index contributed by atoms with van der Waals surface area (Å²) < 4.78 is 5.24. The SMILES string of the molecule is C[C@H]1CNC[C@]1(C)NC(=O)OC(C)(C)C. The molecule has 1 aliphatic heterocycles. The highest BCUT2D eigenvalue weighted by Crippen LogP contribution is 2.21. The maximum atomic E-state index is 11.6. The molecule has 2 atom stereocenters. The lowest BCUT2D eigenvalue weighted by atomic mass is 9.91. The van der Waals surface area contributed by atoms with E-state index in [0.717, 1.165) is 13.1 Å². The van der Waals surface area contributed by atoms with Crippen molar-refractivity contribution in [3.8, 4) is 0 Å². The van der Waals surface area contributed by atoms with Gasteiger partial charge in [-0.15, -0.1) is 0 Å². The van der Waals surface area contributed by atoms with Crippen LogP contribution in [0.15, 0.2) is 0 Å². The predicted molar refractivity (Wildman–Crippen MR) is 59.8 cm³/mol. The maximum Gasteiger partial charge on any atom is 0.408 e. The van der Waals surface area contributed by atoms with Crippen molar-refractivity contribution in [2.75, 3.05) is 13.1 Å². The van der Waals surface area contributed by atoms with Crippen LogP contribution in [-0.4, -0.2) is 30.3 Å². The first-order valence-corrected chi connectivity index (χ1v) is 5.45. The van der Waals surface area contributed by atoms with Gasteiger partial charge in [-0.05, 0) is 33.6 Å². The monoisotopic (exact) mass is 214 g/mol. The van der Waals surface area contributed by atoms with Crippen molar-refractivity contribution in [3.63, 3.8) is 0 Å². The molecule has 0 aromatic heterocycles. The van der Waals surface area contributed by atoms with Crippen molar-refractivity contribution in [2.24, 2.45) is 5.92 Å². The normalized spacial score (nSPS) is 31.4. The molecule has 0 aliphatic carbocycles. The van der Waals surface area contributed by atoms with E-state index in [1.54, 1.807) is 0 Å². The van der Waals surface area contributed by atoms with Crippen LogP contribution in [0.2, 0.25) is 0 Å². The number of hydrogen-bond acceptors (Lipinski definition) is 3. The minimum Gasteiger partial charge on any atom is -0.444 e. The molecule has 15 heavy (non-hydrogen) atoms. The summed E-state index contributed by atoms with van der Waals surface area (Å²) in [7, 11) is 0. The smallest absolute Gasteiger partial charge is 0.408 e. The van der Waals surface area contributed by atoms with Crippen molar-refractivity contribution in [1.82, 2.24) is 10.6 Å². The molecule has 2 N–H and O–H groups in total. The molecule has 0 aromatic rings. The van der Waals surface area contributed by atoms with Crippen molar-refractivity contribution >= 4 is 6.09 Å². The van der Waals surface area contributed by atoms with Gasteiger partial charge in [0, 0.05) is 13.1 Å². The van der Waals surface area contributed by atoms with Gasteiger partial charge < -0.3 is 15.4 Å². The van der Waals surface area contributed by atoms with E-state index in [1.807, 2.05) is 27.7 Å². The molecule has 1 rings (SSSR count). The number of carbonyl (C=O) groups is 1. The van der Waals surface area contributed by atoms with Crippen LogP contribution in [-0.2, 0) is 4.74 Å². The van der Waals surface area contributed by atoms with Crippen molar-refractivity contribution in [1.29, 1.82) is 0 Å². The van der Waals surface area contributed by atoms with Crippen LogP contribution in [0.4, 0.5) is 4.79 Å². The second kappa shape index (κ2) is 4.00. The van der Waals surface area contributed by atoms with Gasteiger partial charge in [-0.3, -0.25) is 0 Å². The van der Waals surface area contributed by atoms with Crippen LogP contribution in [0.1, 0.15) is 34.6 Å². The summed E-state index contributed by atoms with van der Waals surface area (Å²) in [4.78, 5) is 11.6. The van der Waals surface area contributed by atoms with Crippen LogP contribution in [0.25, 0.3) is 0 Å². The number of ether oxygens (including phenoxy) is 1. The Morgan fingerprint density at radius 1 is 1.53 bits per heavy atom. The Morgan fingerprint density at radius 2 is 2.13 bits per heavy atom. The Morgan fingerprint density at radius 3 is 2.53 bits per heavy atom. The largest absolute Gasteiger partial charge is 0.444 e. The average molecular weight is 214 g/mol. The Kier molecular flexibility index (Phi) is 3.28. The summed E-state index contributed by atoms with van der Waals surface area (Å²) in [6.45, 7) is 11.5. The molecule has 0 aromatic carbocycles. The van der Waals surface area contributed by atoms with Crippen LogP contribution in [0.5, 0.6) is 0 Å². The van der Waals surface area contributed by atoms with Gasteiger partial charge in [0.2, 0.25) is 0 Å². The fourth-order valence-electron chi connectivity index (χ4n) is 1.65. The predicted octanol–water partition coefficient (Wildman–Crippen LogP) is 1.51. The number of carbonyl (C=O) groups excluding carboxylic acids is 1. The molecule has 1 fully saturated rings. The van der Waals surface area contributed by atoms with Crippen LogP contribution in [0, 0.1) is 5.92 Å². The van der Waals surface area contributed by atoms with Gasteiger partial charge in [-0.25, -0.2) is 4.79 Å². The molecule has 88 valence electrons. The quantitative estimate of drug-likeness (QED) is 0.695. The van der Waals surface area contributed by atoms with E-state index in [1.165, 1.54) is 0 Å². The second-order valence-corrected chi connectivity index (χ2v) is 5.58. The molecule has 0 spiro atoms. The zero-order valence-corrected chi connectivity index (χ0v) is 10.3. The van der Waals surface area contributed by atoms with Gasteiger partial charge in [-0.2, -0.15) is 0 Å². The first kappa shape index (κ1) is 12.3. The Hall–Kier alpha value is -0.770. The van der Waals surface area contributed by atoms with E-state index in [0.29, 0.717) is 5.92 Å². The van der Waals surface area contributed by atoms with Gasteiger partial charge in [0.15, 0.2) is 0 Å². The molecular weight excluding hydrogens is 192 g/mol. The maximum absolute atomic E-state index is 11.6. The number of hydrogen-bond donors (Lipinski definition) is 2. The van der Waals surface area contributed by atoms with Crippen molar-refractivity contribution in [2.45, 2.75) is 45.8 Å². The minimum atomic E-state index is -0.435. The van der Waals surface area contributed by atoms with Gasteiger partial charge >= 0.3 is 6.09 Å².